The summed E-state index contributed by atoms with van der Waals surface area (Å²) in [6, 6.07) is 0. The number of rotatable bonds is 0. The molecule has 0 aliphatic heterocycles. The molecule has 0 amide bonds. The minimum Gasteiger partial charge on any atom is -0.697 e. The van der Waals surface area contributed by atoms with Gasteiger partial charge in [0, 0.05) is 42.1 Å². The van der Waals surface area contributed by atoms with Gasteiger partial charge in [0.15, 0.2) is 41.6 Å². The molecule has 44 heavy (non-hydrogen) atoms. The quantitative estimate of drug-likeness (QED) is 0.0946. The molecule has 5 N–H and O–H groups in total. The Labute approximate surface area is 312 Å². The van der Waals surface area contributed by atoms with E-state index in [4.69, 9.17) is 6.42 Å². The van der Waals surface area contributed by atoms with Crippen molar-refractivity contribution in [3.63, 3.8) is 0 Å². The van der Waals surface area contributed by atoms with Crippen molar-refractivity contribution in [2.75, 3.05) is 0 Å². The van der Waals surface area contributed by atoms with Gasteiger partial charge in [0.1, 0.15) is 0 Å². The summed E-state index contributed by atoms with van der Waals surface area (Å²) in [7, 11) is -9.29. The molecule has 0 aromatic rings. The van der Waals surface area contributed by atoms with Crippen LogP contribution >= 0.6 is 0 Å². The zero-order chi connectivity index (χ0) is 37.0. The summed E-state index contributed by atoms with van der Waals surface area (Å²) in [6.07, 6.45) is 9.00. The van der Waals surface area contributed by atoms with Crippen LogP contribution in [-0.4, -0.2) is 65.6 Å². The Morgan fingerprint density at radius 2 is 0.318 bits per heavy atom. The van der Waals surface area contributed by atoms with Crippen LogP contribution in [0.15, 0.2) is 0 Å². The van der Waals surface area contributed by atoms with E-state index in [1.807, 2.05) is 65.5 Å². The van der Waals surface area contributed by atoms with E-state index in [1.54, 1.807) is 0 Å². The van der Waals surface area contributed by atoms with Gasteiger partial charge in [0.05, 0.1) is 0 Å². The van der Waals surface area contributed by atoms with E-state index >= 15 is 0 Å². The van der Waals surface area contributed by atoms with Crippen LogP contribution in [0.4, 0.5) is 0 Å². The maximum Gasteiger partial charge on any atom is 0.187 e. The summed E-state index contributed by atoms with van der Waals surface area (Å²) in [6.45, 7) is 50.9. The molecule has 0 heterocycles. The molecule has 0 spiro atoms. The van der Waals surface area contributed by atoms with Crippen LogP contribution in [-0.2, 0) is 42.1 Å². The summed E-state index contributed by atoms with van der Waals surface area (Å²) >= 11 is 0. The van der Waals surface area contributed by atoms with Crippen LogP contribution in [0.3, 0.4) is 0 Å². The fourth-order valence-electron chi connectivity index (χ4n) is 0. The van der Waals surface area contributed by atoms with Crippen LogP contribution in [0.25, 0.3) is 0 Å². The van der Waals surface area contributed by atoms with Crippen LogP contribution in [0.2, 0.25) is 90.7 Å². The minimum absolute atomic E-state index is 0. The van der Waals surface area contributed by atoms with Gasteiger partial charge in [0.2, 0.25) is 0 Å². The first kappa shape index (κ1) is 64.4. The van der Waals surface area contributed by atoms with E-state index in [9.17, 15) is 24.0 Å². The van der Waals surface area contributed by atoms with Crippen LogP contribution < -0.4 is 0 Å². The van der Waals surface area contributed by atoms with Gasteiger partial charge in [-0.2, -0.15) is 0 Å². The van der Waals surface area contributed by atoms with Gasteiger partial charge in [-0.25, -0.2) is 0 Å². The van der Waals surface area contributed by atoms with E-state index in [2.05, 4.69) is 110 Å². The van der Waals surface area contributed by atoms with E-state index in [-0.39, 0.29) is 67.3 Å². The van der Waals surface area contributed by atoms with E-state index < -0.39 is 41.6 Å². The van der Waals surface area contributed by atoms with Crippen molar-refractivity contribution >= 4 is 41.6 Å². The molecule has 0 atom stereocenters. The second-order valence-electron chi connectivity index (χ2n) is 19.0. The normalized spacial score (nSPS) is 13.0. The van der Waals surface area contributed by atoms with Gasteiger partial charge in [-0.05, 0) is 90.7 Å². The minimum atomic E-state index is -1.86. The maximum atomic E-state index is 9.49. The van der Waals surface area contributed by atoms with Crippen molar-refractivity contribution in [3.8, 4) is 6.42 Å². The van der Waals surface area contributed by atoms with E-state index in [0.717, 1.165) is 0 Å². The van der Waals surface area contributed by atoms with Crippen molar-refractivity contribution in [1.82, 2.24) is 0 Å². The average molecular weight is 1050 g/mol. The molecule has 0 fully saturated rings. The molecular weight excluding hydrogens is 972 g/mol. The summed E-state index contributed by atoms with van der Waals surface area (Å²) in [4.78, 5) is 47.5. The molecule has 0 aromatic heterocycles. The molecule has 0 radical (unpaired) electrons. The van der Waals surface area contributed by atoms with Crippen molar-refractivity contribution < 1.29 is 66.1 Å². The van der Waals surface area contributed by atoms with E-state index in [1.165, 1.54) is 0 Å². The Hall–Kier alpha value is 1.82. The van der Waals surface area contributed by atoms with Crippen molar-refractivity contribution in [2.45, 2.75) is 195 Å². The van der Waals surface area contributed by atoms with Crippen LogP contribution in [0, 0.1) is 12.8 Å². The fraction of sp³-hybridized carbons (Fsp3) is 0.938. The second kappa shape index (κ2) is 22.5. The summed E-state index contributed by atoms with van der Waals surface area (Å²) in [5.41, 5.74) is 0. The predicted octanol–water partition coefficient (Wildman–Crippen LogP) is 10.1. The zero-order valence-corrected chi connectivity index (χ0v) is 45.0. The van der Waals surface area contributed by atoms with Crippen LogP contribution in [0.1, 0.15) is 104 Å². The maximum absolute atomic E-state index is 9.49. The smallest absolute Gasteiger partial charge is 0.187 e. The van der Waals surface area contributed by atoms with Gasteiger partial charge < -0.3 is 36.8 Å². The molecule has 0 aliphatic rings. The summed E-state index contributed by atoms with van der Waals surface area (Å²) < 4.78 is 0. The number of hydrogen-bond acceptors (Lipinski definition) is 5. The van der Waals surface area contributed by atoms with Crippen molar-refractivity contribution in [2.24, 2.45) is 0 Å². The molecule has 0 aromatic carbocycles. The first-order chi connectivity index (χ1) is 17.2. The number of terminal acetylenes is 1. The SMILES string of the molecule is CC(C)(C)[Si](C)(C)O.CC(C)(C)[Si](C)(C)O.CC(C)(C)[Si](C)(C)O.CC(C)(C)[Si](C)(C)O.CC(C)(C)[Si](C)(C)O.[C-]#C.[W].[W]. The standard InChI is InChI=1S/5C6H16OSi.C2H.2W/c5*1-6(2,3)8(4,5)7;1-2;;/h5*7H,1-5H3;1H;;/q;;;;;-1;;. The largest absolute Gasteiger partial charge is 0.697 e. The van der Waals surface area contributed by atoms with Crippen molar-refractivity contribution in [3.05, 3.63) is 6.42 Å². The molecule has 272 valence electrons. The topological polar surface area (TPSA) is 101 Å². The number of hydrogen-bond donors (Lipinski definition) is 5. The van der Waals surface area contributed by atoms with E-state index in [0.29, 0.717) is 0 Å². The van der Waals surface area contributed by atoms with Gasteiger partial charge in [-0.15, -0.1) is 0 Å². The second-order valence-corrected chi connectivity index (χ2v) is 42.1. The third-order valence-electron chi connectivity index (χ3n) is 9.18. The monoisotopic (exact) mass is 1050 g/mol. The molecule has 0 rings (SSSR count). The Balaban J connectivity index is -0.0000000598. The first-order valence-corrected chi connectivity index (χ1v) is 29.9. The molecule has 0 aliphatic carbocycles. The third-order valence-corrected chi connectivity index (χ3v) is 27.5. The average Bonchev–Trinajstić information content (AvgIpc) is 2.56. The van der Waals surface area contributed by atoms with Gasteiger partial charge in [-0.3, -0.25) is 0 Å². The predicted molar refractivity (Wildman–Crippen MR) is 205 cm³/mol. The first-order valence-electron chi connectivity index (χ1n) is 15.2. The molecule has 5 nitrogen and oxygen atoms in total. The summed E-state index contributed by atoms with van der Waals surface area (Å²) in [5.74, 6) is 0. The van der Waals surface area contributed by atoms with Gasteiger partial charge >= 0.3 is 0 Å². The Kier molecular flexibility index (Phi) is 32.9. The Bertz CT molecular complexity index is 509. The third kappa shape index (κ3) is 36.7. The Morgan fingerprint density at radius 1 is 0.295 bits per heavy atom. The molecule has 0 bridgehead atoms. The summed E-state index contributed by atoms with van der Waals surface area (Å²) in [5, 5.41) is 0.660. The van der Waals surface area contributed by atoms with Crippen molar-refractivity contribution in [1.29, 1.82) is 0 Å². The molecule has 12 heteroatoms. The molecule has 0 saturated carbocycles. The van der Waals surface area contributed by atoms with Gasteiger partial charge in [-0.1, -0.05) is 104 Å². The van der Waals surface area contributed by atoms with Gasteiger partial charge in [0.25, 0.3) is 0 Å². The molecule has 0 saturated heterocycles. The fourth-order valence-corrected chi connectivity index (χ4v) is 0. The molecule has 0 unspecified atom stereocenters. The zero-order valence-electron chi connectivity index (χ0n) is 34.1. The Morgan fingerprint density at radius 3 is 0.318 bits per heavy atom. The van der Waals surface area contributed by atoms with Crippen LogP contribution in [0.5, 0.6) is 0 Å². The molecular formula is C32H81O5Si5W2-.